The van der Waals surface area contributed by atoms with Gasteiger partial charge in [0, 0.05) is 37.3 Å². The molecular weight excluding hydrogens is 384 g/mol. The largest absolute Gasteiger partial charge is 0.369 e. The number of pyridine rings is 1. The van der Waals surface area contributed by atoms with Crippen LogP contribution >= 0.6 is 0 Å². The average Bonchev–Trinajstić information content (AvgIpc) is 2.74. The average molecular weight is 423 g/mol. The van der Waals surface area contributed by atoms with Crippen molar-refractivity contribution in [3.8, 4) is 0 Å². The molecule has 0 saturated carbocycles. The molecule has 0 radical (unpaired) electrons. The summed E-state index contributed by atoms with van der Waals surface area (Å²) in [6.07, 6.45) is 4.54. The number of amides is 1. The topological polar surface area (TPSA) is 71.2 Å². The predicted octanol–water partition coefficient (Wildman–Crippen LogP) is 4.05. The Morgan fingerprint density at radius 1 is 1.19 bits per heavy atom. The van der Waals surface area contributed by atoms with E-state index in [0.29, 0.717) is 5.92 Å². The molecule has 1 aromatic carbocycles. The van der Waals surface area contributed by atoms with Gasteiger partial charge in [-0.15, -0.1) is 0 Å². The highest BCUT2D eigenvalue weighted by molar-refractivity contribution is 5.77. The van der Waals surface area contributed by atoms with Gasteiger partial charge in [-0.3, -0.25) is 4.79 Å². The molecule has 0 spiro atoms. The maximum Gasteiger partial charge on any atom is 0.220 e. The Kier molecular flexibility index (Phi) is 7.71. The molecule has 3 rings (SSSR count). The zero-order valence-corrected chi connectivity index (χ0v) is 19.5. The van der Waals surface area contributed by atoms with Gasteiger partial charge in [0.2, 0.25) is 5.91 Å². The summed E-state index contributed by atoms with van der Waals surface area (Å²) >= 11 is 0. The van der Waals surface area contributed by atoms with E-state index in [1.165, 1.54) is 16.7 Å². The lowest BCUT2D eigenvalue weighted by molar-refractivity contribution is -0.122. The summed E-state index contributed by atoms with van der Waals surface area (Å²) in [6, 6.07) is 13.2. The number of carbonyl (C=O) groups excluding carboxylic acids is 1. The molecule has 1 aliphatic rings. The third-order valence-corrected chi connectivity index (χ3v) is 6.28. The van der Waals surface area contributed by atoms with Crippen molar-refractivity contribution in [2.75, 3.05) is 24.5 Å². The van der Waals surface area contributed by atoms with Crippen LogP contribution in [0, 0.1) is 11.8 Å². The van der Waals surface area contributed by atoms with Crippen LogP contribution in [0.4, 0.5) is 5.82 Å². The number of hydrogen-bond acceptors (Lipinski definition) is 4. The first kappa shape index (κ1) is 23.3. The van der Waals surface area contributed by atoms with Crippen molar-refractivity contribution < 1.29 is 4.79 Å². The van der Waals surface area contributed by atoms with E-state index < -0.39 is 0 Å². The predicted molar refractivity (Wildman–Crippen MR) is 128 cm³/mol. The fourth-order valence-electron chi connectivity index (χ4n) is 4.30. The molecule has 3 N–H and O–H groups in total. The highest BCUT2D eigenvalue weighted by atomic mass is 16.1. The van der Waals surface area contributed by atoms with Crippen LogP contribution in [0.1, 0.15) is 57.2 Å². The van der Waals surface area contributed by atoms with Gasteiger partial charge < -0.3 is 16.0 Å². The minimum atomic E-state index is -0.176. The van der Waals surface area contributed by atoms with Gasteiger partial charge in [-0.2, -0.15) is 0 Å². The Morgan fingerprint density at radius 2 is 1.87 bits per heavy atom. The highest BCUT2D eigenvalue weighted by Gasteiger charge is 2.24. The van der Waals surface area contributed by atoms with Crippen LogP contribution in [-0.2, 0) is 23.2 Å². The summed E-state index contributed by atoms with van der Waals surface area (Å²) in [6.45, 7) is 12.5. The number of nitrogens with one attached hydrogen (secondary N) is 1. The van der Waals surface area contributed by atoms with Crippen molar-refractivity contribution in [2.45, 2.75) is 58.9 Å². The van der Waals surface area contributed by atoms with Gasteiger partial charge in [0.1, 0.15) is 5.82 Å². The maximum absolute atomic E-state index is 11.4. The van der Waals surface area contributed by atoms with E-state index in [-0.39, 0.29) is 17.2 Å². The molecule has 0 bridgehead atoms. The van der Waals surface area contributed by atoms with E-state index >= 15 is 0 Å². The molecule has 5 heteroatoms. The number of aromatic nitrogens is 1. The summed E-state index contributed by atoms with van der Waals surface area (Å²) < 4.78 is 0. The number of primary amides is 1. The molecule has 5 nitrogen and oxygen atoms in total. The van der Waals surface area contributed by atoms with Gasteiger partial charge in [-0.25, -0.2) is 4.98 Å². The number of nitrogens with zero attached hydrogens (tertiary/aromatic N) is 2. The minimum Gasteiger partial charge on any atom is -0.369 e. The molecule has 31 heavy (non-hydrogen) atoms. The first-order valence-electron chi connectivity index (χ1n) is 11.5. The van der Waals surface area contributed by atoms with E-state index in [0.717, 1.165) is 51.3 Å². The molecule has 1 aromatic heterocycles. The molecule has 168 valence electrons. The number of rotatable bonds is 8. The lowest BCUT2D eigenvalue weighted by atomic mass is 9.86. The molecule has 1 atom stereocenters. The third kappa shape index (κ3) is 6.54. The van der Waals surface area contributed by atoms with Crippen molar-refractivity contribution in [3.63, 3.8) is 0 Å². The van der Waals surface area contributed by atoms with Gasteiger partial charge in [0.25, 0.3) is 0 Å². The van der Waals surface area contributed by atoms with Crippen molar-refractivity contribution in [1.82, 2.24) is 10.3 Å². The summed E-state index contributed by atoms with van der Waals surface area (Å²) in [5.74, 6) is 1.40. The van der Waals surface area contributed by atoms with Crippen molar-refractivity contribution >= 4 is 11.7 Å². The Bertz CT molecular complexity index is 848. The lowest BCUT2D eigenvalue weighted by Crippen LogP contribution is -2.39. The van der Waals surface area contributed by atoms with E-state index in [1.807, 2.05) is 12.3 Å². The van der Waals surface area contributed by atoms with E-state index in [2.05, 4.69) is 73.2 Å². The molecule has 2 heterocycles. The smallest absolute Gasteiger partial charge is 0.220 e. The van der Waals surface area contributed by atoms with Crippen LogP contribution < -0.4 is 16.0 Å². The Balaban J connectivity index is 1.50. The minimum absolute atomic E-state index is 0.000138. The van der Waals surface area contributed by atoms with Crippen LogP contribution in [-0.4, -0.2) is 30.5 Å². The first-order chi connectivity index (χ1) is 14.7. The normalized spacial score (nSPS) is 16.3. The number of benzene rings is 1. The lowest BCUT2D eigenvalue weighted by Gasteiger charge is -2.32. The second kappa shape index (κ2) is 10.3. The Labute approximate surface area is 187 Å². The summed E-state index contributed by atoms with van der Waals surface area (Å²) in [4.78, 5) is 18.4. The maximum atomic E-state index is 11.4. The summed E-state index contributed by atoms with van der Waals surface area (Å²) in [7, 11) is 0. The van der Waals surface area contributed by atoms with Crippen molar-refractivity contribution in [1.29, 1.82) is 0 Å². The Morgan fingerprint density at radius 3 is 2.48 bits per heavy atom. The summed E-state index contributed by atoms with van der Waals surface area (Å²) in [5, 5.41) is 3.62. The SMILES string of the molecule is C[C@@H](CNCc1cccnc1N1CCC(C(N)=O)CC1)Cc1ccc(C(C)(C)C)cc1. The summed E-state index contributed by atoms with van der Waals surface area (Å²) in [5.41, 5.74) is 9.65. The zero-order valence-electron chi connectivity index (χ0n) is 19.5. The molecule has 0 aliphatic carbocycles. The van der Waals surface area contributed by atoms with Gasteiger partial charge in [0.05, 0.1) is 0 Å². The molecule has 1 fully saturated rings. The fraction of sp³-hybridized carbons (Fsp3) is 0.538. The number of hydrogen-bond donors (Lipinski definition) is 2. The third-order valence-electron chi connectivity index (χ3n) is 6.28. The van der Waals surface area contributed by atoms with Gasteiger partial charge >= 0.3 is 0 Å². The molecular formula is C26H38N4O. The number of carbonyl (C=O) groups is 1. The zero-order chi connectivity index (χ0) is 22.4. The molecule has 1 saturated heterocycles. The Hall–Kier alpha value is -2.40. The van der Waals surface area contributed by atoms with Crippen molar-refractivity contribution in [3.05, 3.63) is 59.3 Å². The van der Waals surface area contributed by atoms with Gasteiger partial charge in [0.15, 0.2) is 0 Å². The number of anilines is 1. The van der Waals surface area contributed by atoms with Gasteiger partial charge in [-0.05, 0) is 54.3 Å². The molecule has 1 amide bonds. The van der Waals surface area contributed by atoms with Crippen LogP contribution in [0.15, 0.2) is 42.6 Å². The molecule has 2 aromatic rings. The molecule has 0 unspecified atom stereocenters. The monoisotopic (exact) mass is 422 g/mol. The van der Waals surface area contributed by atoms with E-state index in [9.17, 15) is 4.79 Å². The van der Waals surface area contributed by atoms with Crippen LogP contribution in [0.3, 0.4) is 0 Å². The number of piperidine rings is 1. The first-order valence-corrected chi connectivity index (χ1v) is 11.5. The van der Waals surface area contributed by atoms with Crippen LogP contribution in [0.5, 0.6) is 0 Å². The van der Waals surface area contributed by atoms with Gasteiger partial charge in [-0.1, -0.05) is 58.0 Å². The number of nitrogens with two attached hydrogens (primary N) is 1. The highest BCUT2D eigenvalue weighted by Crippen LogP contribution is 2.25. The second-order valence-corrected chi connectivity index (χ2v) is 10.0. The van der Waals surface area contributed by atoms with Crippen LogP contribution in [0.2, 0.25) is 0 Å². The van der Waals surface area contributed by atoms with E-state index in [1.54, 1.807) is 0 Å². The van der Waals surface area contributed by atoms with Crippen molar-refractivity contribution in [2.24, 2.45) is 17.6 Å². The van der Waals surface area contributed by atoms with Crippen LogP contribution in [0.25, 0.3) is 0 Å². The standard InChI is InChI=1S/C26H38N4O/c1-19(16-20-7-9-23(10-8-20)26(2,3)4)17-28-18-22-6-5-13-29-25(22)30-14-11-21(12-15-30)24(27)31/h5-10,13,19,21,28H,11-12,14-18H2,1-4H3,(H2,27,31)/t19-/m1/s1. The second-order valence-electron chi connectivity index (χ2n) is 10.0. The fourth-order valence-corrected chi connectivity index (χ4v) is 4.30. The molecule has 1 aliphatic heterocycles. The quantitative estimate of drug-likeness (QED) is 0.673. The van der Waals surface area contributed by atoms with E-state index in [4.69, 9.17) is 5.73 Å².